The van der Waals surface area contributed by atoms with Crippen LogP contribution in [0.25, 0.3) is 0 Å². The number of carbonyl (C=O) groups excluding carboxylic acids is 1. The molecule has 0 saturated carbocycles. The summed E-state index contributed by atoms with van der Waals surface area (Å²) in [6, 6.07) is -0.141. The molecule has 6 heteroatoms. The van der Waals surface area contributed by atoms with Crippen molar-refractivity contribution in [2.45, 2.75) is 39.7 Å². The Bertz CT molecular complexity index is 401. The van der Waals surface area contributed by atoms with Gasteiger partial charge in [0.1, 0.15) is 6.33 Å². The van der Waals surface area contributed by atoms with E-state index in [9.17, 15) is 4.79 Å². The Labute approximate surface area is 114 Å². The molecule has 6 nitrogen and oxygen atoms in total. The minimum absolute atomic E-state index is 0.0200. The Balaban J connectivity index is 2.48. The van der Waals surface area contributed by atoms with Gasteiger partial charge in [0, 0.05) is 13.5 Å². The Morgan fingerprint density at radius 1 is 1.47 bits per heavy atom. The molecule has 1 heterocycles. The number of aromatic nitrogens is 3. The van der Waals surface area contributed by atoms with Gasteiger partial charge in [-0.3, -0.25) is 4.79 Å². The molecular weight excluding hydrogens is 242 g/mol. The van der Waals surface area contributed by atoms with Crippen LogP contribution in [0.3, 0.4) is 0 Å². The quantitative estimate of drug-likeness (QED) is 0.772. The standard InChI is InChI=1S/C13H25N5O/c1-9(2)5-11(7-14)6-12(19)16-10(3)13-17-15-8-18(13)4/h8-11H,5-7,14H2,1-4H3,(H,16,19)/t10?,11-/m0/s1. The number of aryl methyl sites for hydroxylation is 1. The molecule has 19 heavy (non-hydrogen) atoms. The van der Waals surface area contributed by atoms with Crippen LogP contribution in [0, 0.1) is 11.8 Å². The Morgan fingerprint density at radius 2 is 2.16 bits per heavy atom. The molecule has 0 aliphatic carbocycles. The van der Waals surface area contributed by atoms with E-state index in [1.54, 1.807) is 10.9 Å². The molecule has 3 N–H and O–H groups in total. The number of hydrogen-bond acceptors (Lipinski definition) is 4. The second kappa shape index (κ2) is 7.23. The molecule has 0 aliphatic heterocycles. The monoisotopic (exact) mass is 267 g/mol. The fraction of sp³-hybridized carbons (Fsp3) is 0.769. The first-order valence-electron chi connectivity index (χ1n) is 6.77. The van der Waals surface area contributed by atoms with Gasteiger partial charge in [-0.2, -0.15) is 0 Å². The van der Waals surface area contributed by atoms with Crippen molar-refractivity contribution in [1.29, 1.82) is 0 Å². The highest BCUT2D eigenvalue weighted by atomic mass is 16.1. The first-order chi connectivity index (χ1) is 8.93. The zero-order valence-corrected chi connectivity index (χ0v) is 12.3. The van der Waals surface area contributed by atoms with E-state index in [2.05, 4.69) is 29.4 Å². The second-order valence-corrected chi connectivity index (χ2v) is 5.52. The van der Waals surface area contributed by atoms with E-state index in [-0.39, 0.29) is 17.9 Å². The number of carbonyl (C=O) groups is 1. The minimum Gasteiger partial charge on any atom is -0.346 e. The van der Waals surface area contributed by atoms with Crippen molar-refractivity contribution in [3.8, 4) is 0 Å². The lowest BCUT2D eigenvalue weighted by molar-refractivity contribution is -0.122. The van der Waals surface area contributed by atoms with Gasteiger partial charge in [-0.15, -0.1) is 10.2 Å². The van der Waals surface area contributed by atoms with Crippen molar-refractivity contribution in [2.24, 2.45) is 24.6 Å². The molecule has 0 bridgehead atoms. The highest BCUT2D eigenvalue weighted by Crippen LogP contribution is 2.15. The first-order valence-corrected chi connectivity index (χ1v) is 6.77. The van der Waals surface area contributed by atoms with Gasteiger partial charge in [-0.1, -0.05) is 13.8 Å². The smallest absolute Gasteiger partial charge is 0.220 e. The van der Waals surface area contributed by atoms with E-state index >= 15 is 0 Å². The number of rotatable bonds is 7. The molecule has 108 valence electrons. The average Bonchev–Trinajstić information content (AvgIpc) is 2.73. The molecular formula is C13H25N5O. The molecule has 0 spiro atoms. The molecule has 2 atom stereocenters. The summed E-state index contributed by atoms with van der Waals surface area (Å²) in [5.41, 5.74) is 5.71. The van der Waals surface area contributed by atoms with Gasteiger partial charge in [0.05, 0.1) is 6.04 Å². The Morgan fingerprint density at radius 3 is 2.63 bits per heavy atom. The highest BCUT2D eigenvalue weighted by molar-refractivity contribution is 5.76. The highest BCUT2D eigenvalue weighted by Gasteiger charge is 2.18. The lowest BCUT2D eigenvalue weighted by Crippen LogP contribution is -2.31. The molecule has 0 radical (unpaired) electrons. The van der Waals surface area contributed by atoms with Gasteiger partial charge in [0.2, 0.25) is 5.91 Å². The van der Waals surface area contributed by atoms with Crippen LogP contribution >= 0.6 is 0 Å². The predicted molar refractivity (Wildman–Crippen MR) is 74.2 cm³/mol. The Hall–Kier alpha value is -1.43. The topological polar surface area (TPSA) is 85.8 Å². The van der Waals surface area contributed by atoms with Gasteiger partial charge in [-0.25, -0.2) is 0 Å². The summed E-state index contributed by atoms with van der Waals surface area (Å²) in [5.74, 6) is 1.57. The van der Waals surface area contributed by atoms with Crippen molar-refractivity contribution < 1.29 is 4.79 Å². The predicted octanol–water partition coefficient (Wildman–Crippen LogP) is 1.00. The van der Waals surface area contributed by atoms with Crippen LogP contribution in [0.2, 0.25) is 0 Å². The summed E-state index contributed by atoms with van der Waals surface area (Å²) >= 11 is 0. The number of hydrogen-bond donors (Lipinski definition) is 2. The van der Waals surface area contributed by atoms with Crippen LogP contribution in [-0.4, -0.2) is 27.2 Å². The van der Waals surface area contributed by atoms with Crippen LogP contribution in [-0.2, 0) is 11.8 Å². The van der Waals surface area contributed by atoms with Gasteiger partial charge in [0.25, 0.3) is 0 Å². The summed E-state index contributed by atoms with van der Waals surface area (Å²) < 4.78 is 1.81. The molecule has 0 fully saturated rings. The van der Waals surface area contributed by atoms with Gasteiger partial charge >= 0.3 is 0 Å². The lowest BCUT2D eigenvalue weighted by atomic mass is 9.94. The number of amides is 1. The van der Waals surface area contributed by atoms with E-state index in [4.69, 9.17) is 5.73 Å². The molecule has 1 amide bonds. The maximum atomic E-state index is 12.0. The normalized spacial score (nSPS) is 14.4. The van der Waals surface area contributed by atoms with Crippen LogP contribution < -0.4 is 11.1 Å². The van der Waals surface area contributed by atoms with Crippen molar-refractivity contribution >= 4 is 5.91 Å². The first kappa shape index (κ1) is 15.6. The maximum absolute atomic E-state index is 12.0. The van der Waals surface area contributed by atoms with Gasteiger partial charge in [0.15, 0.2) is 5.82 Å². The van der Waals surface area contributed by atoms with Crippen molar-refractivity contribution in [1.82, 2.24) is 20.1 Å². The fourth-order valence-electron chi connectivity index (χ4n) is 2.24. The minimum atomic E-state index is -0.141. The summed E-state index contributed by atoms with van der Waals surface area (Å²) in [6.45, 7) is 6.73. The zero-order valence-electron chi connectivity index (χ0n) is 12.3. The van der Waals surface area contributed by atoms with E-state index in [1.165, 1.54) is 0 Å². The summed E-state index contributed by atoms with van der Waals surface area (Å²) in [7, 11) is 1.86. The molecule has 1 aromatic heterocycles. The van der Waals surface area contributed by atoms with E-state index in [0.717, 1.165) is 12.2 Å². The van der Waals surface area contributed by atoms with E-state index < -0.39 is 0 Å². The molecule has 1 aromatic rings. The molecule has 0 aliphatic rings. The number of nitrogens with one attached hydrogen (secondary N) is 1. The SMILES string of the molecule is CC(C)C[C@H](CN)CC(=O)NC(C)c1nncn1C. The molecule has 0 saturated heterocycles. The fourth-order valence-corrected chi connectivity index (χ4v) is 2.24. The second-order valence-electron chi connectivity index (χ2n) is 5.52. The van der Waals surface area contributed by atoms with Crippen LogP contribution in [0.1, 0.15) is 45.5 Å². The third-order valence-corrected chi connectivity index (χ3v) is 3.12. The molecule has 1 rings (SSSR count). The third-order valence-electron chi connectivity index (χ3n) is 3.12. The van der Waals surface area contributed by atoms with Crippen molar-refractivity contribution in [3.63, 3.8) is 0 Å². The summed E-state index contributed by atoms with van der Waals surface area (Å²) in [4.78, 5) is 12.0. The molecule has 1 unspecified atom stereocenters. The summed E-state index contributed by atoms with van der Waals surface area (Å²) in [6.07, 6.45) is 3.07. The number of nitrogens with zero attached hydrogens (tertiary/aromatic N) is 3. The largest absolute Gasteiger partial charge is 0.346 e. The van der Waals surface area contributed by atoms with E-state index in [0.29, 0.717) is 18.9 Å². The third kappa shape index (κ3) is 4.98. The van der Waals surface area contributed by atoms with E-state index in [1.807, 2.05) is 14.0 Å². The van der Waals surface area contributed by atoms with Crippen molar-refractivity contribution in [2.75, 3.05) is 6.54 Å². The van der Waals surface area contributed by atoms with Crippen LogP contribution in [0.5, 0.6) is 0 Å². The zero-order chi connectivity index (χ0) is 14.4. The van der Waals surface area contributed by atoms with Crippen LogP contribution in [0.15, 0.2) is 6.33 Å². The average molecular weight is 267 g/mol. The maximum Gasteiger partial charge on any atom is 0.220 e. The molecule has 0 aromatic carbocycles. The van der Waals surface area contributed by atoms with Crippen LogP contribution in [0.4, 0.5) is 0 Å². The van der Waals surface area contributed by atoms with Gasteiger partial charge < -0.3 is 15.6 Å². The van der Waals surface area contributed by atoms with Crippen molar-refractivity contribution in [3.05, 3.63) is 12.2 Å². The lowest BCUT2D eigenvalue weighted by Gasteiger charge is -2.18. The summed E-state index contributed by atoms with van der Waals surface area (Å²) in [5, 5.41) is 10.7. The van der Waals surface area contributed by atoms with Gasteiger partial charge in [-0.05, 0) is 31.7 Å². The Kier molecular flexibility index (Phi) is 5.95. The number of nitrogens with two attached hydrogens (primary N) is 1.